The Kier molecular flexibility index (Phi) is 4.11. The van der Waals surface area contributed by atoms with E-state index in [0.717, 1.165) is 52.1 Å². The van der Waals surface area contributed by atoms with Crippen molar-refractivity contribution >= 4 is 32.6 Å². The highest BCUT2D eigenvalue weighted by molar-refractivity contribution is 9.10. The van der Waals surface area contributed by atoms with Crippen LogP contribution in [0.15, 0.2) is 34.8 Å². The Morgan fingerprint density at radius 2 is 1.88 bits per heavy atom. The van der Waals surface area contributed by atoms with Crippen LogP contribution in [-0.2, 0) is 6.54 Å². The number of nitrogens with zero attached hydrogens (tertiary/aromatic N) is 2. The van der Waals surface area contributed by atoms with Gasteiger partial charge in [0.2, 0.25) is 0 Å². The van der Waals surface area contributed by atoms with Crippen molar-refractivity contribution in [3.63, 3.8) is 0 Å². The van der Waals surface area contributed by atoms with E-state index in [1.54, 1.807) is 5.01 Å². The van der Waals surface area contributed by atoms with E-state index in [2.05, 4.69) is 28.1 Å². The molecule has 1 aliphatic heterocycles. The van der Waals surface area contributed by atoms with Crippen molar-refractivity contribution in [3.05, 3.63) is 45.9 Å². The van der Waals surface area contributed by atoms with E-state index in [1.165, 1.54) is 0 Å². The van der Waals surface area contributed by atoms with Crippen LogP contribution in [0.2, 0.25) is 0 Å². The van der Waals surface area contributed by atoms with Gasteiger partial charge in [0, 0.05) is 23.6 Å². The van der Waals surface area contributed by atoms with Crippen molar-refractivity contribution in [3.8, 4) is 0 Å². The Morgan fingerprint density at radius 3 is 2.62 bits per heavy atom. The van der Waals surface area contributed by atoms with Gasteiger partial charge in [0.25, 0.3) is 5.91 Å². The van der Waals surface area contributed by atoms with Crippen LogP contribution < -0.4 is 0 Å². The van der Waals surface area contributed by atoms with Crippen molar-refractivity contribution in [2.24, 2.45) is 0 Å². The molecule has 1 saturated carbocycles. The summed E-state index contributed by atoms with van der Waals surface area (Å²) < 4.78 is 0.943. The fraction of sp³-hybridized carbons (Fsp3) is 0.421. The van der Waals surface area contributed by atoms with Crippen LogP contribution >= 0.6 is 15.9 Å². The topological polar surface area (TPSA) is 43.8 Å². The third-order valence-corrected chi connectivity index (χ3v) is 5.96. The lowest BCUT2D eigenvalue weighted by Gasteiger charge is -2.45. The second-order valence-corrected chi connectivity index (χ2v) is 7.67. The number of aliphatic hydroxyl groups excluding tert-OH is 1. The molecule has 126 valence electrons. The first kappa shape index (κ1) is 16.1. The minimum absolute atomic E-state index is 0.00356. The highest BCUT2D eigenvalue weighted by Gasteiger charge is 2.39. The lowest BCUT2D eigenvalue weighted by Crippen LogP contribution is -2.57. The van der Waals surface area contributed by atoms with Crippen LogP contribution in [0.3, 0.4) is 0 Å². The zero-order valence-corrected chi connectivity index (χ0v) is 15.3. The van der Waals surface area contributed by atoms with Gasteiger partial charge in [0.1, 0.15) is 0 Å². The SMILES string of the molecule is CN1Cc2c(cc(Br)c3ccccc23)C(=O)N1C1CCCC[C@@H]1O. The molecule has 1 aliphatic carbocycles. The molecule has 0 bridgehead atoms. The Morgan fingerprint density at radius 1 is 1.17 bits per heavy atom. The lowest BCUT2D eigenvalue weighted by molar-refractivity contribution is -0.0782. The molecule has 1 fully saturated rings. The van der Waals surface area contributed by atoms with Crippen LogP contribution in [0, 0.1) is 0 Å². The number of aliphatic hydroxyl groups is 1. The summed E-state index contributed by atoms with van der Waals surface area (Å²) >= 11 is 3.61. The minimum Gasteiger partial charge on any atom is -0.391 e. The van der Waals surface area contributed by atoms with E-state index in [0.29, 0.717) is 6.54 Å². The van der Waals surface area contributed by atoms with Gasteiger partial charge in [-0.25, -0.2) is 5.01 Å². The van der Waals surface area contributed by atoms with E-state index in [4.69, 9.17) is 0 Å². The number of hydrogen-bond acceptors (Lipinski definition) is 3. The number of carbonyl (C=O) groups excluding carboxylic acids is 1. The monoisotopic (exact) mass is 388 g/mol. The second-order valence-electron chi connectivity index (χ2n) is 6.81. The van der Waals surface area contributed by atoms with Crippen molar-refractivity contribution in [1.29, 1.82) is 0 Å². The standard InChI is InChI=1S/C19H21BrN2O2/c1-21-11-15-12-6-2-3-7-13(12)16(20)10-14(15)19(24)22(21)17-8-4-5-9-18(17)23/h2-3,6-7,10,17-18,23H,4-5,8-9,11H2,1H3/t17?,18-/m0/s1. The molecule has 1 heterocycles. The molecule has 2 aliphatic rings. The molecular formula is C19H21BrN2O2. The molecule has 0 saturated heterocycles. The van der Waals surface area contributed by atoms with Gasteiger partial charge in [0.05, 0.1) is 12.1 Å². The molecule has 0 spiro atoms. The molecule has 2 aromatic carbocycles. The number of hydrogen-bond donors (Lipinski definition) is 1. The predicted octanol–water partition coefficient (Wildman–Crippen LogP) is 3.71. The van der Waals surface area contributed by atoms with E-state index in [1.807, 2.05) is 30.3 Å². The number of fused-ring (bicyclic) bond motifs is 3. The van der Waals surface area contributed by atoms with Crippen LogP contribution in [0.1, 0.15) is 41.6 Å². The Balaban J connectivity index is 1.82. The third-order valence-electron chi connectivity index (χ3n) is 5.31. The Bertz CT molecular complexity index is 807. The smallest absolute Gasteiger partial charge is 0.268 e. The number of halogens is 1. The summed E-state index contributed by atoms with van der Waals surface area (Å²) in [5.74, 6) is -0.00356. The number of amides is 1. The summed E-state index contributed by atoms with van der Waals surface area (Å²) in [4.78, 5) is 13.2. The van der Waals surface area contributed by atoms with Crippen molar-refractivity contribution in [1.82, 2.24) is 10.0 Å². The molecular weight excluding hydrogens is 368 g/mol. The lowest BCUT2D eigenvalue weighted by atomic mass is 9.90. The molecule has 2 atom stereocenters. The van der Waals surface area contributed by atoms with Crippen LogP contribution in [0.5, 0.6) is 0 Å². The first-order chi connectivity index (χ1) is 11.6. The first-order valence-electron chi connectivity index (χ1n) is 8.50. The summed E-state index contributed by atoms with van der Waals surface area (Å²) in [5.41, 5.74) is 1.82. The largest absolute Gasteiger partial charge is 0.391 e. The number of hydrazine groups is 1. The van der Waals surface area contributed by atoms with Gasteiger partial charge >= 0.3 is 0 Å². The van der Waals surface area contributed by atoms with Gasteiger partial charge in [-0.3, -0.25) is 9.80 Å². The number of carbonyl (C=O) groups is 1. The summed E-state index contributed by atoms with van der Waals surface area (Å²) in [6.45, 7) is 0.679. The van der Waals surface area contributed by atoms with Crippen molar-refractivity contribution in [2.75, 3.05) is 7.05 Å². The summed E-state index contributed by atoms with van der Waals surface area (Å²) in [6.07, 6.45) is 3.30. The predicted molar refractivity (Wildman–Crippen MR) is 97.5 cm³/mol. The quantitative estimate of drug-likeness (QED) is 0.809. The summed E-state index contributed by atoms with van der Waals surface area (Å²) in [5, 5.41) is 16.4. The molecule has 0 radical (unpaired) electrons. The van der Waals surface area contributed by atoms with E-state index >= 15 is 0 Å². The molecule has 4 nitrogen and oxygen atoms in total. The van der Waals surface area contributed by atoms with Gasteiger partial charge in [0.15, 0.2) is 0 Å². The van der Waals surface area contributed by atoms with Crippen molar-refractivity contribution in [2.45, 2.75) is 44.4 Å². The molecule has 1 amide bonds. The van der Waals surface area contributed by atoms with Crippen LogP contribution in [-0.4, -0.2) is 40.2 Å². The van der Waals surface area contributed by atoms with Gasteiger partial charge < -0.3 is 5.11 Å². The maximum absolute atomic E-state index is 13.2. The fourth-order valence-corrected chi connectivity index (χ4v) is 4.69. The highest BCUT2D eigenvalue weighted by Crippen LogP contribution is 2.36. The molecule has 0 aromatic heterocycles. The maximum Gasteiger partial charge on any atom is 0.268 e. The Hall–Kier alpha value is -1.43. The summed E-state index contributed by atoms with van der Waals surface area (Å²) in [7, 11) is 1.94. The molecule has 2 aromatic rings. The van der Waals surface area contributed by atoms with Crippen LogP contribution in [0.4, 0.5) is 0 Å². The van der Waals surface area contributed by atoms with Crippen molar-refractivity contribution < 1.29 is 9.90 Å². The minimum atomic E-state index is -0.435. The van der Waals surface area contributed by atoms with Gasteiger partial charge in [-0.15, -0.1) is 0 Å². The molecule has 5 heteroatoms. The van der Waals surface area contributed by atoms with Crippen LogP contribution in [0.25, 0.3) is 10.8 Å². The molecule has 4 rings (SSSR count). The van der Waals surface area contributed by atoms with Gasteiger partial charge in [-0.05, 0) is 35.2 Å². The number of rotatable bonds is 1. The van der Waals surface area contributed by atoms with E-state index < -0.39 is 6.10 Å². The summed E-state index contributed by atoms with van der Waals surface area (Å²) in [6, 6.07) is 9.99. The average Bonchev–Trinajstić information content (AvgIpc) is 2.58. The second kappa shape index (κ2) is 6.14. The van der Waals surface area contributed by atoms with E-state index in [-0.39, 0.29) is 11.9 Å². The molecule has 1 unspecified atom stereocenters. The number of benzene rings is 2. The van der Waals surface area contributed by atoms with E-state index in [9.17, 15) is 9.90 Å². The third kappa shape index (κ3) is 2.46. The highest BCUT2D eigenvalue weighted by atomic mass is 79.9. The average molecular weight is 389 g/mol. The van der Waals surface area contributed by atoms with Gasteiger partial charge in [-0.2, -0.15) is 0 Å². The zero-order valence-electron chi connectivity index (χ0n) is 13.7. The fourth-order valence-electron chi connectivity index (χ4n) is 4.12. The zero-order chi connectivity index (χ0) is 16.8. The Labute approximate surface area is 150 Å². The maximum atomic E-state index is 13.2. The van der Waals surface area contributed by atoms with Gasteiger partial charge in [-0.1, -0.05) is 53.0 Å². The normalized spacial score (nSPS) is 25.1. The molecule has 1 N–H and O–H groups in total. The first-order valence-corrected chi connectivity index (χ1v) is 9.30. The molecule has 24 heavy (non-hydrogen) atoms.